The molecule has 39 heavy (non-hydrogen) atoms. The van der Waals surface area contributed by atoms with Gasteiger partial charge in [0.05, 0.1) is 11.2 Å². The van der Waals surface area contributed by atoms with Crippen molar-refractivity contribution in [1.82, 2.24) is 19.7 Å². The quantitative estimate of drug-likeness (QED) is 0.425. The van der Waals surface area contributed by atoms with Crippen LogP contribution in [0.25, 0.3) is 0 Å². The van der Waals surface area contributed by atoms with E-state index in [1.54, 1.807) is 4.90 Å². The minimum atomic E-state index is -0.714. The van der Waals surface area contributed by atoms with Gasteiger partial charge in [-0.3, -0.25) is 9.48 Å². The van der Waals surface area contributed by atoms with E-state index in [1.165, 1.54) is 23.1 Å². The molecule has 2 atom stereocenters. The molecule has 1 N–H and O–H groups in total. The van der Waals surface area contributed by atoms with Crippen molar-refractivity contribution < 1.29 is 18.7 Å². The highest BCUT2D eigenvalue weighted by atomic mass is 35.5. The van der Waals surface area contributed by atoms with Gasteiger partial charge in [0.1, 0.15) is 11.3 Å². The number of halogens is 2. The van der Waals surface area contributed by atoms with Crippen molar-refractivity contribution in [2.45, 2.75) is 46.3 Å². The fourth-order valence-corrected chi connectivity index (χ4v) is 4.56. The van der Waals surface area contributed by atoms with Crippen LogP contribution in [0.2, 0.25) is 5.02 Å². The van der Waals surface area contributed by atoms with Crippen LogP contribution >= 0.6 is 11.6 Å². The van der Waals surface area contributed by atoms with Crippen LogP contribution in [0.3, 0.4) is 0 Å². The number of aromatic nitrogens is 3. The number of amides is 2. The summed E-state index contributed by atoms with van der Waals surface area (Å²) in [4.78, 5) is 31.3. The molecule has 10 heteroatoms. The van der Waals surface area contributed by atoms with E-state index in [-0.39, 0.29) is 34.5 Å². The lowest BCUT2D eigenvalue weighted by atomic mass is 9.87. The first kappa shape index (κ1) is 28.1. The molecule has 0 radical (unpaired) electrons. The van der Waals surface area contributed by atoms with E-state index >= 15 is 0 Å². The maximum atomic E-state index is 14.8. The molecule has 2 amide bonds. The van der Waals surface area contributed by atoms with E-state index in [2.05, 4.69) is 27.2 Å². The summed E-state index contributed by atoms with van der Waals surface area (Å²) in [5.74, 6) is 4.52. The van der Waals surface area contributed by atoms with Crippen molar-refractivity contribution in [3.63, 3.8) is 0 Å². The zero-order valence-corrected chi connectivity index (χ0v) is 23.1. The van der Waals surface area contributed by atoms with Gasteiger partial charge in [-0.2, -0.15) is 5.10 Å². The van der Waals surface area contributed by atoms with Crippen LogP contribution in [-0.2, 0) is 11.3 Å². The fourth-order valence-electron chi connectivity index (χ4n) is 4.34. The smallest absolute Gasteiger partial charge is 0.410 e. The van der Waals surface area contributed by atoms with Crippen LogP contribution in [0, 0.1) is 29.5 Å². The monoisotopic (exact) mass is 551 g/mol. The molecule has 3 heterocycles. The van der Waals surface area contributed by atoms with Gasteiger partial charge in [-0.1, -0.05) is 48.6 Å². The van der Waals surface area contributed by atoms with Crippen LogP contribution in [0.5, 0.6) is 0 Å². The number of nitrogens with zero attached hydrogens (tertiary/aromatic N) is 4. The summed E-state index contributed by atoms with van der Waals surface area (Å²) in [6.07, 6.45) is 3.17. The molecule has 0 saturated carbocycles. The lowest BCUT2D eigenvalue weighted by Crippen LogP contribution is -2.46. The molecule has 1 aliphatic rings. The first-order valence-electron chi connectivity index (χ1n) is 12.7. The summed E-state index contributed by atoms with van der Waals surface area (Å²) in [7, 11) is 0. The van der Waals surface area contributed by atoms with Crippen LogP contribution in [0.1, 0.15) is 55.7 Å². The standard InChI is InChI=1S/C29H31ClFN5O3/c1-19-17-35(28(38)39-29(2,3)4)13-12-22(19)18-36-25(23(30)16-33-36)27(37)34-26-24(31)14-21(15-32-26)11-10-20-8-6-5-7-9-20/h5-9,14-16,19,22H,12-13,17-18H2,1-4H3,(H,32,34,37). The zero-order chi connectivity index (χ0) is 28.2. The van der Waals surface area contributed by atoms with Crippen LogP contribution in [-0.4, -0.2) is 50.4 Å². The van der Waals surface area contributed by atoms with Gasteiger partial charge in [0.2, 0.25) is 0 Å². The molecule has 204 valence electrons. The third-order valence-corrected chi connectivity index (χ3v) is 6.63. The molecule has 4 rings (SSSR count). The Morgan fingerprint density at radius 1 is 1.18 bits per heavy atom. The summed E-state index contributed by atoms with van der Waals surface area (Å²) >= 11 is 6.30. The van der Waals surface area contributed by atoms with E-state index < -0.39 is 17.3 Å². The molecular formula is C29H31ClFN5O3. The minimum Gasteiger partial charge on any atom is -0.444 e. The molecule has 2 unspecified atom stereocenters. The molecule has 0 aliphatic carbocycles. The predicted octanol–water partition coefficient (Wildman–Crippen LogP) is 5.62. The SMILES string of the molecule is CC1CN(C(=O)OC(C)(C)C)CCC1Cn1ncc(Cl)c1C(=O)Nc1ncc(C#Cc2ccccc2)cc1F. The number of piperidine rings is 1. The first-order valence-corrected chi connectivity index (χ1v) is 13.1. The number of pyridine rings is 1. The second kappa shape index (κ2) is 11.9. The molecule has 1 fully saturated rings. The second-order valence-corrected chi connectivity index (χ2v) is 11.0. The number of carbonyl (C=O) groups excluding carboxylic acids is 2. The van der Waals surface area contributed by atoms with E-state index in [9.17, 15) is 14.0 Å². The third kappa shape index (κ3) is 7.36. The Labute approximate surface area is 232 Å². The van der Waals surface area contributed by atoms with Gasteiger partial charge in [0, 0.05) is 37.0 Å². The Morgan fingerprint density at radius 3 is 2.56 bits per heavy atom. The molecule has 1 aromatic carbocycles. The highest BCUT2D eigenvalue weighted by molar-refractivity contribution is 6.34. The predicted molar refractivity (Wildman–Crippen MR) is 147 cm³/mol. The Morgan fingerprint density at radius 2 is 1.90 bits per heavy atom. The van der Waals surface area contributed by atoms with Crippen molar-refractivity contribution in [3.05, 3.63) is 76.5 Å². The van der Waals surface area contributed by atoms with E-state index in [0.717, 1.165) is 5.56 Å². The highest BCUT2D eigenvalue weighted by Crippen LogP contribution is 2.28. The zero-order valence-electron chi connectivity index (χ0n) is 22.4. The van der Waals surface area contributed by atoms with E-state index in [0.29, 0.717) is 31.6 Å². The van der Waals surface area contributed by atoms with Crippen molar-refractivity contribution in [2.24, 2.45) is 11.8 Å². The minimum absolute atomic E-state index is 0.118. The summed E-state index contributed by atoms with van der Waals surface area (Å²) in [5.41, 5.74) is 0.731. The van der Waals surface area contributed by atoms with Gasteiger partial charge in [0.15, 0.2) is 11.6 Å². The second-order valence-electron chi connectivity index (χ2n) is 10.6. The number of likely N-dealkylation sites (tertiary alicyclic amines) is 1. The maximum absolute atomic E-state index is 14.8. The number of ether oxygens (including phenoxy) is 1. The molecule has 8 nitrogen and oxygen atoms in total. The molecule has 1 aliphatic heterocycles. The molecule has 0 bridgehead atoms. The van der Waals surface area contributed by atoms with Crippen LogP contribution in [0.15, 0.2) is 48.8 Å². The number of carbonyl (C=O) groups is 2. The van der Waals surface area contributed by atoms with Crippen molar-refractivity contribution in [3.8, 4) is 11.8 Å². The highest BCUT2D eigenvalue weighted by Gasteiger charge is 2.32. The van der Waals surface area contributed by atoms with Crippen molar-refractivity contribution >= 4 is 29.4 Å². The number of rotatable bonds is 4. The van der Waals surface area contributed by atoms with Gasteiger partial charge >= 0.3 is 6.09 Å². The molecule has 3 aromatic rings. The van der Waals surface area contributed by atoms with Gasteiger partial charge < -0.3 is 15.0 Å². The number of anilines is 1. The van der Waals surface area contributed by atoms with E-state index in [1.807, 2.05) is 58.0 Å². The van der Waals surface area contributed by atoms with E-state index in [4.69, 9.17) is 16.3 Å². The Kier molecular flexibility index (Phi) is 8.56. The van der Waals surface area contributed by atoms with Crippen LogP contribution in [0.4, 0.5) is 15.0 Å². The average Bonchev–Trinajstić information content (AvgIpc) is 3.24. The number of nitrogens with one attached hydrogen (secondary N) is 1. The Bertz CT molecular complexity index is 1410. The molecular weight excluding hydrogens is 521 g/mol. The number of hydrogen-bond donors (Lipinski definition) is 1. The molecule has 0 spiro atoms. The summed E-state index contributed by atoms with van der Waals surface area (Å²) < 4.78 is 21.8. The average molecular weight is 552 g/mol. The van der Waals surface area contributed by atoms with Gasteiger partial charge in [-0.15, -0.1) is 0 Å². The Hall–Kier alpha value is -3.90. The largest absolute Gasteiger partial charge is 0.444 e. The fraction of sp³-hybridized carbons (Fsp3) is 0.379. The topological polar surface area (TPSA) is 89.4 Å². The maximum Gasteiger partial charge on any atom is 0.410 e. The van der Waals surface area contributed by atoms with Crippen LogP contribution < -0.4 is 5.32 Å². The Balaban J connectivity index is 1.41. The van der Waals surface area contributed by atoms with Crippen molar-refractivity contribution in [1.29, 1.82) is 0 Å². The van der Waals surface area contributed by atoms with Gasteiger partial charge in [0.25, 0.3) is 5.91 Å². The first-order chi connectivity index (χ1) is 18.5. The van der Waals surface area contributed by atoms with Crippen molar-refractivity contribution in [2.75, 3.05) is 18.4 Å². The summed E-state index contributed by atoms with van der Waals surface area (Å²) in [6.45, 7) is 9.05. The third-order valence-electron chi connectivity index (χ3n) is 6.35. The van der Waals surface area contributed by atoms with Gasteiger partial charge in [-0.25, -0.2) is 14.2 Å². The normalized spacial score (nSPS) is 17.2. The number of benzene rings is 1. The summed E-state index contributed by atoms with van der Waals surface area (Å²) in [6, 6.07) is 10.5. The lowest BCUT2D eigenvalue weighted by Gasteiger charge is -2.37. The molecule has 2 aromatic heterocycles. The van der Waals surface area contributed by atoms with Gasteiger partial charge in [-0.05, 0) is 57.2 Å². The number of hydrogen-bond acceptors (Lipinski definition) is 5. The summed E-state index contributed by atoms with van der Waals surface area (Å²) in [5, 5.41) is 6.93. The lowest BCUT2D eigenvalue weighted by molar-refractivity contribution is 0.0103. The molecule has 1 saturated heterocycles.